The van der Waals surface area contributed by atoms with Gasteiger partial charge in [-0.05, 0) is 32.1 Å². The van der Waals surface area contributed by atoms with E-state index in [2.05, 4.69) is 0 Å². The summed E-state index contributed by atoms with van der Waals surface area (Å²) in [5.74, 6) is 0. The Kier molecular flexibility index (Phi) is 5.46. The van der Waals surface area contributed by atoms with Gasteiger partial charge in [0.2, 0.25) is 0 Å². The van der Waals surface area contributed by atoms with E-state index in [-0.39, 0.29) is 0 Å². The van der Waals surface area contributed by atoms with Crippen LogP contribution in [-0.4, -0.2) is 0 Å². The number of allylic oxidation sites excluding steroid dienone is 6. The van der Waals surface area contributed by atoms with Crippen LogP contribution in [0, 0.1) is 0 Å². The molecule has 0 atom stereocenters. The summed E-state index contributed by atoms with van der Waals surface area (Å²) in [4.78, 5) is 0. The van der Waals surface area contributed by atoms with Crippen LogP contribution in [-0.2, 0) is 0 Å². The van der Waals surface area contributed by atoms with Gasteiger partial charge in [-0.25, -0.2) is 0 Å². The van der Waals surface area contributed by atoms with E-state index < -0.39 is 0 Å². The number of rotatable bonds is 2. The molecule has 0 aliphatic heterocycles. The van der Waals surface area contributed by atoms with E-state index in [1.165, 1.54) is 0 Å². The maximum absolute atomic E-state index is 5.70. The largest absolute Gasteiger partial charge is 0.0895 e. The van der Waals surface area contributed by atoms with Gasteiger partial charge in [0.25, 0.3) is 0 Å². The Labute approximate surface area is 71.8 Å². The van der Waals surface area contributed by atoms with Gasteiger partial charge in [0.1, 0.15) is 0 Å². The lowest BCUT2D eigenvalue weighted by Gasteiger charge is -1.83. The first-order valence-corrected chi connectivity index (χ1v) is 3.74. The Morgan fingerprint density at radius 2 is 1.80 bits per heavy atom. The molecule has 0 N–H and O–H groups in total. The van der Waals surface area contributed by atoms with Crippen LogP contribution >= 0.6 is 23.2 Å². The molecular weight excluding hydrogens is 167 g/mol. The molecule has 0 aliphatic carbocycles. The predicted molar refractivity (Wildman–Crippen MR) is 48.4 cm³/mol. The van der Waals surface area contributed by atoms with Gasteiger partial charge in [-0.1, -0.05) is 29.3 Å². The molecule has 0 unspecified atom stereocenters. The Hall–Kier alpha value is -0.200. The SMILES string of the molecule is C/C=C/C(Cl)=C\C=C(/C)Cl. The number of hydrogen-bond donors (Lipinski definition) is 0. The highest BCUT2D eigenvalue weighted by Gasteiger charge is 1.80. The van der Waals surface area contributed by atoms with Gasteiger partial charge in [0.05, 0.1) is 0 Å². The minimum absolute atomic E-state index is 0.683. The molecule has 0 aromatic heterocycles. The monoisotopic (exact) mass is 176 g/mol. The number of hydrogen-bond acceptors (Lipinski definition) is 0. The van der Waals surface area contributed by atoms with Crippen LogP contribution in [0.15, 0.2) is 34.4 Å². The Bertz CT molecular complexity index is 172. The molecule has 0 rings (SSSR count). The first kappa shape index (κ1) is 9.80. The van der Waals surface area contributed by atoms with Gasteiger partial charge >= 0.3 is 0 Å². The minimum atomic E-state index is 0.683. The lowest BCUT2D eigenvalue weighted by atomic mass is 10.4. The average molecular weight is 177 g/mol. The Balaban J connectivity index is 4.05. The molecule has 0 radical (unpaired) electrons. The Morgan fingerprint density at radius 3 is 2.20 bits per heavy atom. The maximum Gasteiger partial charge on any atom is 0.0403 e. The van der Waals surface area contributed by atoms with E-state index in [1.54, 1.807) is 25.2 Å². The molecule has 56 valence electrons. The third-order valence-corrected chi connectivity index (χ3v) is 1.18. The maximum atomic E-state index is 5.70. The molecule has 0 nitrogen and oxygen atoms in total. The van der Waals surface area contributed by atoms with Crippen LogP contribution in [0.1, 0.15) is 13.8 Å². The molecule has 0 saturated carbocycles. The summed E-state index contributed by atoms with van der Waals surface area (Å²) in [5.41, 5.74) is 0. The van der Waals surface area contributed by atoms with E-state index in [0.29, 0.717) is 5.03 Å². The van der Waals surface area contributed by atoms with E-state index in [9.17, 15) is 0 Å². The highest BCUT2D eigenvalue weighted by molar-refractivity contribution is 6.32. The van der Waals surface area contributed by atoms with Crippen LogP contribution in [0.2, 0.25) is 0 Å². The van der Waals surface area contributed by atoms with Gasteiger partial charge in [0.15, 0.2) is 0 Å². The van der Waals surface area contributed by atoms with Crippen molar-refractivity contribution in [1.82, 2.24) is 0 Å². The molecule has 0 aliphatic rings. The summed E-state index contributed by atoms with van der Waals surface area (Å²) in [7, 11) is 0. The van der Waals surface area contributed by atoms with Gasteiger partial charge in [-0.3, -0.25) is 0 Å². The molecule has 0 fully saturated rings. The van der Waals surface area contributed by atoms with Gasteiger partial charge in [-0.15, -0.1) is 0 Å². The second-order valence-electron chi connectivity index (χ2n) is 1.80. The fourth-order valence-corrected chi connectivity index (χ4v) is 0.661. The van der Waals surface area contributed by atoms with Crippen molar-refractivity contribution in [2.45, 2.75) is 13.8 Å². The van der Waals surface area contributed by atoms with E-state index >= 15 is 0 Å². The molecule has 0 aromatic carbocycles. The van der Waals surface area contributed by atoms with Crippen LogP contribution in [0.5, 0.6) is 0 Å². The molecular formula is C8H10Cl2. The third-order valence-electron chi connectivity index (χ3n) is 0.798. The first-order chi connectivity index (χ1) is 4.66. The normalized spacial score (nSPS) is 14.8. The van der Waals surface area contributed by atoms with Crippen molar-refractivity contribution in [3.8, 4) is 0 Å². The highest BCUT2D eigenvalue weighted by Crippen LogP contribution is 2.06. The summed E-state index contributed by atoms with van der Waals surface area (Å²) in [5, 5.41) is 1.41. The molecule has 0 spiro atoms. The van der Waals surface area contributed by atoms with Crippen molar-refractivity contribution in [3.05, 3.63) is 34.4 Å². The fraction of sp³-hybridized carbons (Fsp3) is 0.250. The Morgan fingerprint density at radius 1 is 1.20 bits per heavy atom. The zero-order valence-electron chi connectivity index (χ0n) is 6.07. The van der Waals surface area contributed by atoms with E-state index in [1.807, 2.05) is 13.0 Å². The van der Waals surface area contributed by atoms with E-state index in [0.717, 1.165) is 5.03 Å². The van der Waals surface area contributed by atoms with Crippen LogP contribution in [0.4, 0.5) is 0 Å². The van der Waals surface area contributed by atoms with Crippen molar-refractivity contribution in [2.24, 2.45) is 0 Å². The zero-order chi connectivity index (χ0) is 7.98. The zero-order valence-corrected chi connectivity index (χ0v) is 7.58. The van der Waals surface area contributed by atoms with Gasteiger partial charge in [0, 0.05) is 10.1 Å². The van der Waals surface area contributed by atoms with Crippen molar-refractivity contribution in [2.75, 3.05) is 0 Å². The summed E-state index contributed by atoms with van der Waals surface area (Å²) in [6, 6.07) is 0. The fourth-order valence-electron chi connectivity index (χ4n) is 0.409. The summed E-state index contributed by atoms with van der Waals surface area (Å²) < 4.78 is 0. The molecule has 0 amide bonds. The lowest BCUT2D eigenvalue weighted by molar-refractivity contribution is 1.64. The number of halogens is 2. The average Bonchev–Trinajstić information content (AvgIpc) is 1.85. The second-order valence-corrected chi connectivity index (χ2v) is 2.84. The standard InChI is InChI=1S/C8H10Cl2/c1-3-4-8(10)6-5-7(2)9/h3-6H,1-2H3/b4-3+,7-5+,8-6+. The predicted octanol–water partition coefficient (Wildman–Crippen LogP) is 3.83. The topological polar surface area (TPSA) is 0 Å². The molecule has 0 bridgehead atoms. The van der Waals surface area contributed by atoms with Crippen molar-refractivity contribution in [3.63, 3.8) is 0 Å². The lowest BCUT2D eigenvalue weighted by Crippen LogP contribution is -1.61. The molecule has 2 heteroatoms. The second kappa shape index (κ2) is 5.57. The molecule has 0 heterocycles. The third kappa shape index (κ3) is 5.93. The van der Waals surface area contributed by atoms with Crippen molar-refractivity contribution in [1.29, 1.82) is 0 Å². The molecule has 0 aromatic rings. The molecule has 0 saturated heterocycles. The highest BCUT2D eigenvalue weighted by atomic mass is 35.5. The van der Waals surface area contributed by atoms with Gasteiger partial charge in [-0.2, -0.15) is 0 Å². The van der Waals surface area contributed by atoms with Crippen LogP contribution in [0.25, 0.3) is 0 Å². The summed E-state index contributed by atoms with van der Waals surface area (Å²) >= 11 is 11.3. The summed E-state index contributed by atoms with van der Waals surface area (Å²) in [6.07, 6.45) is 7.18. The van der Waals surface area contributed by atoms with Gasteiger partial charge < -0.3 is 0 Å². The van der Waals surface area contributed by atoms with Crippen LogP contribution in [0.3, 0.4) is 0 Å². The first-order valence-electron chi connectivity index (χ1n) is 2.99. The van der Waals surface area contributed by atoms with E-state index in [4.69, 9.17) is 23.2 Å². The quantitative estimate of drug-likeness (QED) is 0.562. The minimum Gasteiger partial charge on any atom is -0.0895 e. The smallest absolute Gasteiger partial charge is 0.0403 e. The molecule has 10 heavy (non-hydrogen) atoms. The summed E-state index contributed by atoms with van der Waals surface area (Å²) in [6.45, 7) is 3.71. The van der Waals surface area contributed by atoms with Crippen molar-refractivity contribution < 1.29 is 0 Å². The van der Waals surface area contributed by atoms with Crippen LogP contribution < -0.4 is 0 Å². The van der Waals surface area contributed by atoms with Crippen molar-refractivity contribution >= 4 is 23.2 Å².